The highest BCUT2D eigenvalue weighted by molar-refractivity contribution is 6.30. The van der Waals surface area contributed by atoms with E-state index in [-0.39, 0.29) is 24.8 Å². The SMILES string of the molecule is O=C(O)CCC(=O)N(C1CC1)N1c2cc(Cl)ccc2C[C@H]2CCC[C@H]21. The van der Waals surface area contributed by atoms with Crippen LogP contribution in [0.25, 0.3) is 0 Å². The van der Waals surface area contributed by atoms with Gasteiger partial charge in [-0.05, 0) is 55.7 Å². The Morgan fingerprint density at radius 2 is 2.00 bits per heavy atom. The fourth-order valence-electron chi connectivity index (χ4n) is 4.38. The molecule has 0 aromatic heterocycles. The number of carboxylic acids is 1. The van der Waals surface area contributed by atoms with Crippen LogP contribution in [0.15, 0.2) is 18.2 Å². The largest absolute Gasteiger partial charge is 0.481 e. The Morgan fingerprint density at radius 3 is 2.72 bits per heavy atom. The molecule has 2 aliphatic carbocycles. The van der Waals surface area contributed by atoms with Crippen LogP contribution in [0.3, 0.4) is 0 Å². The Bertz CT molecular complexity index is 704. The summed E-state index contributed by atoms with van der Waals surface area (Å²) in [6.07, 6.45) is 6.38. The molecular weight excluding hydrogens is 340 g/mol. The van der Waals surface area contributed by atoms with Gasteiger partial charge in [0.05, 0.1) is 24.2 Å². The third-order valence-corrected chi connectivity index (χ3v) is 5.88. The van der Waals surface area contributed by atoms with E-state index < -0.39 is 5.97 Å². The van der Waals surface area contributed by atoms with Gasteiger partial charge in [-0.15, -0.1) is 0 Å². The molecule has 0 unspecified atom stereocenters. The zero-order valence-corrected chi connectivity index (χ0v) is 14.9. The smallest absolute Gasteiger partial charge is 0.303 e. The molecule has 0 bridgehead atoms. The highest BCUT2D eigenvalue weighted by Gasteiger charge is 2.45. The molecule has 5 nitrogen and oxygen atoms in total. The number of carbonyl (C=O) groups excluding carboxylic acids is 1. The highest BCUT2D eigenvalue weighted by atomic mass is 35.5. The summed E-state index contributed by atoms with van der Waals surface area (Å²) in [5, 5.41) is 13.7. The van der Waals surface area contributed by atoms with Gasteiger partial charge in [0, 0.05) is 11.4 Å². The minimum absolute atomic E-state index is 0.0512. The van der Waals surface area contributed by atoms with Crippen LogP contribution in [0, 0.1) is 5.92 Å². The summed E-state index contributed by atoms with van der Waals surface area (Å²) >= 11 is 6.26. The number of hydrogen-bond acceptors (Lipinski definition) is 3. The zero-order valence-electron chi connectivity index (χ0n) is 14.2. The molecule has 1 aromatic rings. The number of rotatable bonds is 5. The number of amides is 1. The molecule has 1 aliphatic heterocycles. The van der Waals surface area contributed by atoms with Crippen molar-refractivity contribution < 1.29 is 14.7 Å². The molecule has 2 atom stereocenters. The second-order valence-electron chi connectivity index (χ2n) is 7.44. The fraction of sp³-hybridized carbons (Fsp3) is 0.579. The topological polar surface area (TPSA) is 60.9 Å². The first-order valence-electron chi connectivity index (χ1n) is 9.16. The van der Waals surface area contributed by atoms with E-state index in [1.54, 1.807) is 0 Å². The number of carbonyl (C=O) groups is 2. The standard InChI is InChI=1S/C19H23ClN2O3/c20-14-5-4-13-10-12-2-1-3-16(12)22(17(13)11-14)21(15-6-7-15)18(23)8-9-19(24)25/h4-5,11-12,15-16H,1-3,6-10H2,(H,24,25)/t12-,16-/m1/s1. The van der Waals surface area contributed by atoms with E-state index in [0.29, 0.717) is 17.0 Å². The lowest BCUT2D eigenvalue weighted by atomic mass is 9.88. The van der Waals surface area contributed by atoms with Gasteiger partial charge in [0.15, 0.2) is 0 Å². The van der Waals surface area contributed by atoms with Crippen LogP contribution in [0.4, 0.5) is 5.69 Å². The Kier molecular flexibility index (Phi) is 4.36. The first-order chi connectivity index (χ1) is 12.0. The molecule has 1 amide bonds. The average molecular weight is 363 g/mol. The van der Waals surface area contributed by atoms with Crippen molar-refractivity contribution in [2.75, 3.05) is 5.01 Å². The Morgan fingerprint density at radius 1 is 1.20 bits per heavy atom. The number of benzene rings is 1. The van der Waals surface area contributed by atoms with Crippen LogP contribution in [-0.4, -0.2) is 34.1 Å². The maximum absolute atomic E-state index is 12.9. The first kappa shape index (κ1) is 16.7. The molecule has 1 heterocycles. The van der Waals surface area contributed by atoms with Gasteiger partial charge in [0.25, 0.3) is 0 Å². The number of anilines is 1. The van der Waals surface area contributed by atoms with Gasteiger partial charge in [-0.1, -0.05) is 24.1 Å². The molecule has 1 aromatic carbocycles. The maximum atomic E-state index is 12.9. The van der Waals surface area contributed by atoms with Gasteiger partial charge in [0.2, 0.25) is 5.91 Å². The van der Waals surface area contributed by atoms with Gasteiger partial charge < -0.3 is 5.11 Å². The van der Waals surface area contributed by atoms with E-state index in [2.05, 4.69) is 11.1 Å². The minimum Gasteiger partial charge on any atom is -0.481 e. The van der Waals surface area contributed by atoms with Crippen LogP contribution >= 0.6 is 11.6 Å². The predicted molar refractivity (Wildman–Crippen MR) is 95.5 cm³/mol. The summed E-state index contributed by atoms with van der Waals surface area (Å²) in [5.41, 5.74) is 2.27. The summed E-state index contributed by atoms with van der Waals surface area (Å²) in [4.78, 5) is 23.8. The van der Waals surface area contributed by atoms with Crippen molar-refractivity contribution in [2.24, 2.45) is 5.92 Å². The number of aliphatic carboxylic acids is 1. The minimum atomic E-state index is -0.926. The lowest BCUT2D eigenvalue weighted by Crippen LogP contribution is -2.56. The van der Waals surface area contributed by atoms with Crippen molar-refractivity contribution >= 4 is 29.2 Å². The third-order valence-electron chi connectivity index (χ3n) is 5.64. The molecule has 2 fully saturated rings. The van der Waals surface area contributed by atoms with Crippen molar-refractivity contribution in [3.8, 4) is 0 Å². The summed E-state index contributed by atoms with van der Waals surface area (Å²) < 4.78 is 0. The number of carboxylic acid groups (broad SMARTS) is 1. The molecule has 6 heteroatoms. The first-order valence-corrected chi connectivity index (χ1v) is 9.54. The van der Waals surface area contributed by atoms with Gasteiger partial charge in [-0.3, -0.25) is 19.6 Å². The Balaban J connectivity index is 1.70. The van der Waals surface area contributed by atoms with Gasteiger partial charge in [0.1, 0.15) is 0 Å². The van der Waals surface area contributed by atoms with Crippen molar-refractivity contribution in [3.63, 3.8) is 0 Å². The Labute approximate surface area is 152 Å². The molecule has 0 spiro atoms. The monoisotopic (exact) mass is 362 g/mol. The molecule has 2 saturated carbocycles. The lowest BCUT2D eigenvalue weighted by Gasteiger charge is -2.47. The van der Waals surface area contributed by atoms with Crippen LogP contribution in [0.2, 0.25) is 5.02 Å². The van der Waals surface area contributed by atoms with Gasteiger partial charge in [-0.25, -0.2) is 0 Å². The van der Waals surface area contributed by atoms with Crippen molar-refractivity contribution in [1.29, 1.82) is 0 Å². The quantitative estimate of drug-likeness (QED) is 0.868. The van der Waals surface area contributed by atoms with Crippen molar-refractivity contribution in [3.05, 3.63) is 28.8 Å². The summed E-state index contributed by atoms with van der Waals surface area (Å²) in [5.74, 6) is -0.449. The van der Waals surface area contributed by atoms with E-state index in [4.69, 9.17) is 16.7 Å². The second kappa shape index (κ2) is 6.52. The number of hydrazine groups is 1. The number of fused-ring (bicyclic) bond motifs is 2. The predicted octanol–water partition coefficient (Wildman–Crippen LogP) is 3.64. The fourth-order valence-corrected chi connectivity index (χ4v) is 4.55. The average Bonchev–Trinajstić information content (AvgIpc) is 3.30. The molecule has 1 N–H and O–H groups in total. The molecule has 134 valence electrons. The van der Waals surface area contributed by atoms with Crippen molar-refractivity contribution in [2.45, 2.75) is 63.5 Å². The summed E-state index contributed by atoms with van der Waals surface area (Å²) in [6.45, 7) is 0. The van der Waals surface area contributed by atoms with E-state index in [1.807, 2.05) is 17.1 Å². The van der Waals surface area contributed by atoms with E-state index in [9.17, 15) is 9.59 Å². The van der Waals surface area contributed by atoms with E-state index in [1.165, 1.54) is 18.4 Å². The third kappa shape index (κ3) is 3.22. The lowest BCUT2D eigenvalue weighted by molar-refractivity contribution is -0.141. The number of hydrogen-bond donors (Lipinski definition) is 1. The van der Waals surface area contributed by atoms with Gasteiger partial charge >= 0.3 is 5.97 Å². The number of halogens is 1. The zero-order chi connectivity index (χ0) is 17.6. The molecule has 0 radical (unpaired) electrons. The molecule has 3 aliphatic rings. The van der Waals surface area contributed by atoms with Crippen molar-refractivity contribution in [1.82, 2.24) is 5.01 Å². The Hall–Kier alpha value is -1.75. The molecule has 0 saturated heterocycles. The highest BCUT2D eigenvalue weighted by Crippen LogP contribution is 2.45. The van der Waals surface area contributed by atoms with Crippen LogP contribution < -0.4 is 5.01 Å². The molecule has 4 rings (SSSR count). The normalized spacial score (nSPS) is 24.6. The van der Waals surface area contributed by atoms with Crippen LogP contribution in [0.5, 0.6) is 0 Å². The van der Waals surface area contributed by atoms with E-state index in [0.717, 1.165) is 31.4 Å². The van der Waals surface area contributed by atoms with Crippen LogP contribution in [-0.2, 0) is 16.0 Å². The second-order valence-corrected chi connectivity index (χ2v) is 7.88. The molecule has 25 heavy (non-hydrogen) atoms. The number of nitrogens with zero attached hydrogens (tertiary/aromatic N) is 2. The maximum Gasteiger partial charge on any atom is 0.303 e. The summed E-state index contributed by atoms with van der Waals surface area (Å²) in [6, 6.07) is 6.48. The van der Waals surface area contributed by atoms with E-state index >= 15 is 0 Å². The molecular formula is C19H23ClN2O3. The van der Waals surface area contributed by atoms with Gasteiger partial charge in [-0.2, -0.15) is 0 Å². The summed E-state index contributed by atoms with van der Waals surface area (Å²) in [7, 11) is 0. The van der Waals surface area contributed by atoms with Crippen LogP contribution in [0.1, 0.15) is 50.5 Å².